The number of piperidine rings is 1. The zero-order valence-electron chi connectivity index (χ0n) is 23.4. The van der Waals surface area contributed by atoms with Crippen LogP contribution in [0.2, 0.25) is 0 Å². The third-order valence-corrected chi connectivity index (χ3v) is 11.8. The molecule has 0 atom stereocenters. The van der Waals surface area contributed by atoms with Gasteiger partial charge >= 0.3 is 0 Å². The summed E-state index contributed by atoms with van der Waals surface area (Å²) < 4.78 is 92.7. The Balaban J connectivity index is -0.000000223. The SMILES string of the molecule is C.C.C.C.CS(=O)(=O)N1CCC1.CS(=O)(=O)N1CCCC1.CS(=O)(=O)N1CCCCC1.CS(=O)(=O)N1CCCCCC1. The second kappa shape index (κ2) is 22.2. The minimum Gasteiger partial charge on any atom is -0.213 e. The van der Waals surface area contributed by atoms with E-state index >= 15 is 0 Å². The van der Waals surface area contributed by atoms with Gasteiger partial charge in [-0.25, -0.2) is 50.9 Å². The zero-order valence-corrected chi connectivity index (χ0v) is 26.7. The Labute approximate surface area is 261 Å². The summed E-state index contributed by atoms with van der Waals surface area (Å²) in [5.74, 6) is 0. The first-order chi connectivity index (χ1) is 17.4. The fraction of sp³-hybridized carbons (Fsp3) is 1.00. The van der Waals surface area contributed by atoms with Crippen molar-refractivity contribution >= 4 is 40.1 Å². The third kappa shape index (κ3) is 20.6. The van der Waals surface area contributed by atoms with Crippen LogP contribution in [0.3, 0.4) is 0 Å². The lowest BCUT2D eigenvalue weighted by Gasteiger charge is -2.27. The second-order valence-corrected chi connectivity index (χ2v) is 18.1. The molecular weight excluding hydrogens is 625 g/mol. The molecule has 0 amide bonds. The molecule has 42 heavy (non-hydrogen) atoms. The van der Waals surface area contributed by atoms with Crippen molar-refractivity contribution in [3.05, 3.63) is 0 Å². The fourth-order valence-corrected chi connectivity index (χ4v) is 7.89. The molecule has 4 aliphatic rings. The van der Waals surface area contributed by atoms with E-state index in [0.29, 0.717) is 0 Å². The highest BCUT2D eigenvalue weighted by Crippen LogP contribution is 2.13. The molecule has 0 saturated carbocycles. The topological polar surface area (TPSA) is 150 Å². The van der Waals surface area contributed by atoms with E-state index in [-0.39, 0.29) is 29.7 Å². The van der Waals surface area contributed by atoms with Gasteiger partial charge in [0.2, 0.25) is 40.1 Å². The molecule has 12 nitrogen and oxygen atoms in total. The van der Waals surface area contributed by atoms with Gasteiger partial charge in [-0.15, -0.1) is 0 Å². The molecule has 0 aromatic rings. The van der Waals surface area contributed by atoms with Crippen LogP contribution in [0.4, 0.5) is 0 Å². The van der Waals surface area contributed by atoms with Gasteiger partial charge in [-0.3, -0.25) is 0 Å². The molecule has 4 rings (SSSR count). The quantitative estimate of drug-likeness (QED) is 0.436. The molecule has 4 heterocycles. The van der Waals surface area contributed by atoms with Crippen molar-refractivity contribution in [1.29, 1.82) is 0 Å². The van der Waals surface area contributed by atoms with Crippen molar-refractivity contribution < 1.29 is 33.7 Å². The summed E-state index contributed by atoms with van der Waals surface area (Å²) in [7, 11) is -11.5. The lowest BCUT2D eigenvalue weighted by atomic mass is 10.2. The molecule has 0 radical (unpaired) electrons. The smallest absolute Gasteiger partial charge is 0.211 e. The standard InChI is InChI=1S/C7H15NO2S.C6H13NO2S.C5H11NO2S.C4H9NO2S.4CH4/c1-11(9,10)8-6-4-2-3-5-7-8;1-10(8,9)7-5-3-2-4-6-7;1-9(7,8)6-4-2-3-5-6;1-8(6,7)5-3-2-4-5;;;;/h2-7H2,1H3;2-6H2,1H3;2-5H2,1H3;2-4H2,1H3;4*1H4. The summed E-state index contributed by atoms with van der Waals surface area (Å²) in [6.45, 7) is 5.77. The Morgan fingerprint density at radius 1 is 0.286 bits per heavy atom. The maximum absolute atomic E-state index is 11.1. The van der Waals surface area contributed by atoms with Crippen molar-refractivity contribution in [2.24, 2.45) is 0 Å². The maximum atomic E-state index is 11.1. The Kier molecular flexibility index (Phi) is 25.7. The van der Waals surface area contributed by atoms with Crippen LogP contribution in [0.1, 0.15) is 93.9 Å². The van der Waals surface area contributed by atoms with Crippen molar-refractivity contribution in [3.8, 4) is 0 Å². The minimum atomic E-state index is -2.92. The lowest BCUT2D eigenvalue weighted by Crippen LogP contribution is -2.41. The van der Waals surface area contributed by atoms with Gasteiger partial charge in [0, 0.05) is 52.4 Å². The Bertz CT molecular complexity index is 1100. The van der Waals surface area contributed by atoms with Gasteiger partial charge in [-0.05, 0) is 44.9 Å². The first kappa shape index (κ1) is 48.5. The van der Waals surface area contributed by atoms with Crippen LogP contribution in [0, 0.1) is 0 Å². The number of sulfonamides is 4. The monoisotopic (exact) mass is 688 g/mol. The minimum absolute atomic E-state index is 0. The number of hydrogen-bond acceptors (Lipinski definition) is 8. The molecule has 0 aromatic heterocycles. The van der Waals surface area contributed by atoms with Gasteiger partial charge in [0.05, 0.1) is 25.0 Å². The van der Waals surface area contributed by atoms with Gasteiger partial charge in [0.1, 0.15) is 0 Å². The molecule has 0 aromatic carbocycles. The summed E-state index contributed by atoms with van der Waals surface area (Å²) >= 11 is 0. The van der Waals surface area contributed by atoms with Gasteiger partial charge < -0.3 is 0 Å². The fourth-order valence-electron chi connectivity index (χ4n) is 4.21. The molecule has 0 spiro atoms. The molecule has 260 valence electrons. The highest BCUT2D eigenvalue weighted by molar-refractivity contribution is 7.89. The number of rotatable bonds is 4. The van der Waals surface area contributed by atoms with Crippen LogP contribution < -0.4 is 0 Å². The molecule has 0 aliphatic carbocycles. The molecule has 0 bridgehead atoms. The highest BCUT2D eigenvalue weighted by atomic mass is 32.2. The van der Waals surface area contributed by atoms with Crippen LogP contribution in [0.5, 0.6) is 0 Å². The van der Waals surface area contributed by atoms with Gasteiger partial charge in [-0.1, -0.05) is 49.0 Å². The van der Waals surface area contributed by atoms with E-state index in [1.807, 2.05) is 0 Å². The van der Waals surface area contributed by atoms with Crippen molar-refractivity contribution in [1.82, 2.24) is 17.2 Å². The molecule has 0 unspecified atom stereocenters. The number of nitrogens with zero attached hydrogens (tertiary/aromatic N) is 4. The Morgan fingerprint density at radius 2 is 0.429 bits per heavy atom. The summed E-state index contributed by atoms with van der Waals surface area (Å²) in [6, 6.07) is 0. The van der Waals surface area contributed by atoms with Crippen LogP contribution in [0.15, 0.2) is 0 Å². The molecule has 4 saturated heterocycles. The van der Waals surface area contributed by atoms with Gasteiger partial charge in [0.15, 0.2) is 0 Å². The summed E-state index contributed by atoms with van der Waals surface area (Å²) in [5, 5.41) is 0. The van der Waals surface area contributed by atoms with E-state index in [9.17, 15) is 33.7 Å². The Hall–Kier alpha value is -0.360. The van der Waals surface area contributed by atoms with Crippen LogP contribution >= 0.6 is 0 Å². The predicted molar refractivity (Wildman–Crippen MR) is 179 cm³/mol. The van der Waals surface area contributed by atoms with Gasteiger partial charge in [-0.2, -0.15) is 0 Å². The summed E-state index contributed by atoms with van der Waals surface area (Å²) in [5.41, 5.74) is 0. The first-order valence-corrected chi connectivity index (χ1v) is 20.6. The van der Waals surface area contributed by atoms with E-state index in [4.69, 9.17) is 0 Å². The van der Waals surface area contributed by atoms with Crippen molar-refractivity contribution in [2.45, 2.75) is 93.9 Å². The summed E-state index contributed by atoms with van der Waals surface area (Å²) in [6.07, 6.45) is 15.7. The Morgan fingerprint density at radius 3 is 0.571 bits per heavy atom. The molecule has 4 aliphatic heterocycles. The lowest BCUT2D eigenvalue weighted by molar-refractivity contribution is 0.312. The van der Waals surface area contributed by atoms with Gasteiger partial charge in [0.25, 0.3) is 0 Å². The third-order valence-electron chi connectivity index (χ3n) is 6.64. The van der Waals surface area contributed by atoms with Crippen molar-refractivity contribution in [3.63, 3.8) is 0 Å². The van der Waals surface area contributed by atoms with E-state index in [1.165, 1.54) is 52.9 Å². The molecule has 0 N–H and O–H groups in total. The molecule has 16 heteroatoms. The molecule has 4 fully saturated rings. The zero-order chi connectivity index (χ0) is 29.0. The average molecular weight is 689 g/mol. The van der Waals surface area contributed by atoms with Crippen LogP contribution in [0.25, 0.3) is 0 Å². The maximum Gasteiger partial charge on any atom is 0.211 e. The van der Waals surface area contributed by atoms with E-state index in [1.54, 1.807) is 8.61 Å². The normalized spacial score (nSPS) is 20.7. The van der Waals surface area contributed by atoms with Crippen LogP contribution in [-0.4, -0.2) is 128 Å². The van der Waals surface area contributed by atoms with Crippen LogP contribution in [-0.2, 0) is 40.1 Å². The second-order valence-electron chi connectivity index (χ2n) is 10.2. The first-order valence-electron chi connectivity index (χ1n) is 13.2. The highest BCUT2D eigenvalue weighted by Gasteiger charge is 2.22. The largest absolute Gasteiger partial charge is 0.213 e. The number of hydrogen-bond donors (Lipinski definition) is 0. The van der Waals surface area contributed by atoms with E-state index in [0.717, 1.165) is 97.3 Å². The van der Waals surface area contributed by atoms with Crippen molar-refractivity contribution in [2.75, 3.05) is 77.4 Å². The predicted octanol–water partition coefficient (Wildman–Crippen LogP) is 3.49. The van der Waals surface area contributed by atoms with E-state index < -0.39 is 40.1 Å². The summed E-state index contributed by atoms with van der Waals surface area (Å²) in [4.78, 5) is 0. The van der Waals surface area contributed by atoms with E-state index in [2.05, 4.69) is 0 Å². The average Bonchev–Trinajstić information content (AvgIpc) is 3.15. The molecular formula is C26H64N4O8S4.